The lowest BCUT2D eigenvalue weighted by Gasteiger charge is -2.07. The Kier molecular flexibility index (Phi) is 3.66. The van der Waals surface area contributed by atoms with Crippen LogP contribution < -0.4 is 0 Å². The summed E-state index contributed by atoms with van der Waals surface area (Å²) < 4.78 is 2.17. The van der Waals surface area contributed by atoms with Crippen LogP contribution in [0.5, 0.6) is 0 Å². The van der Waals surface area contributed by atoms with Crippen molar-refractivity contribution in [1.82, 2.24) is 4.57 Å². The third-order valence-electron chi connectivity index (χ3n) is 2.61. The van der Waals surface area contributed by atoms with Crippen molar-refractivity contribution in [1.29, 1.82) is 0 Å². The number of aromatic carboxylic acids is 1. The topological polar surface area (TPSA) is 85.4 Å². The molecule has 0 unspecified atom stereocenters. The SMILES string of the molecule is O=C(O)c1cc([N+](=O)[O-])cn1Cc1ccccc1Br. The largest absolute Gasteiger partial charge is 0.477 e. The van der Waals surface area contributed by atoms with E-state index >= 15 is 0 Å². The molecule has 98 valence electrons. The number of halogens is 1. The molecular weight excluding hydrogens is 316 g/mol. The highest BCUT2D eigenvalue weighted by Crippen LogP contribution is 2.21. The third kappa shape index (κ3) is 2.82. The van der Waals surface area contributed by atoms with Gasteiger partial charge in [0.2, 0.25) is 0 Å². The molecular formula is C12H9BrN2O4. The first-order valence-electron chi connectivity index (χ1n) is 5.30. The van der Waals surface area contributed by atoms with Gasteiger partial charge in [0, 0.05) is 17.1 Å². The van der Waals surface area contributed by atoms with E-state index in [0.29, 0.717) is 0 Å². The normalized spacial score (nSPS) is 10.4. The second kappa shape index (κ2) is 5.23. The van der Waals surface area contributed by atoms with Crippen LogP contribution in [0.4, 0.5) is 5.69 Å². The Bertz CT molecular complexity index is 651. The molecule has 1 N–H and O–H groups in total. The smallest absolute Gasteiger partial charge is 0.352 e. The van der Waals surface area contributed by atoms with Crippen molar-refractivity contribution in [3.05, 3.63) is 62.4 Å². The zero-order valence-corrected chi connectivity index (χ0v) is 11.2. The minimum atomic E-state index is -1.19. The minimum Gasteiger partial charge on any atom is -0.477 e. The monoisotopic (exact) mass is 324 g/mol. The van der Waals surface area contributed by atoms with Crippen LogP contribution in [0.2, 0.25) is 0 Å². The van der Waals surface area contributed by atoms with Gasteiger partial charge in [-0.1, -0.05) is 34.1 Å². The summed E-state index contributed by atoms with van der Waals surface area (Å²) >= 11 is 3.36. The fraction of sp³-hybridized carbons (Fsp3) is 0.0833. The number of aromatic nitrogens is 1. The van der Waals surface area contributed by atoms with Gasteiger partial charge in [0.15, 0.2) is 0 Å². The van der Waals surface area contributed by atoms with E-state index in [0.717, 1.165) is 16.1 Å². The maximum atomic E-state index is 11.1. The van der Waals surface area contributed by atoms with Crippen molar-refractivity contribution in [3.8, 4) is 0 Å². The fourth-order valence-corrected chi connectivity index (χ4v) is 2.13. The van der Waals surface area contributed by atoms with Crippen LogP contribution in [0.25, 0.3) is 0 Å². The van der Waals surface area contributed by atoms with Gasteiger partial charge in [0.05, 0.1) is 11.1 Å². The van der Waals surface area contributed by atoms with E-state index < -0.39 is 10.9 Å². The van der Waals surface area contributed by atoms with E-state index in [1.165, 1.54) is 10.8 Å². The van der Waals surface area contributed by atoms with Gasteiger partial charge < -0.3 is 9.67 Å². The molecule has 19 heavy (non-hydrogen) atoms. The summed E-state index contributed by atoms with van der Waals surface area (Å²) in [5.41, 5.74) is 0.502. The molecule has 0 atom stereocenters. The summed E-state index contributed by atoms with van der Waals surface area (Å²) in [6.07, 6.45) is 1.23. The van der Waals surface area contributed by atoms with E-state index in [9.17, 15) is 14.9 Å². The first-order valence-corrected chi connectivity index (χ1v) is 6.09. The molecule has 0 bridgehead atoms. The zero-order chi connectivity index (χ0) is 14.0. The number of hydrogen-bond donors (Lipinski definition) is 1. The summed E-state index contributed by atoms with van der Waals surface area (Å²) in [4.78, 5) is 21.2. The van der Waals surface area contributed by atoms with Crippen molar-refractivity contribution in [2.45, 2.75) is 6.54 Å². The van der Waals surface area contributed by atoms with E-state index in [2.05, 4.69) is 15.9 Å². The molecule has 7 heteroatoms. The molecule has 1 heterocycles. The minimum absolute atomic E-state index is 0.109. The van der Waals surface area contributed by atoms with Gasteiger partial charge in [-0.15, -0.1) is 0 Å². The van der Waals surface area contributed by atoms with Crippen molar-refractivity contribution in [2.24, 2.45) is 0 Å². The molecule has 1 aromatic heterocycles. The third-order valence-corrected chi connectivity index (χ3v) is 3.38. The number of carboxylic acid groups (broad SMARTS) is 1. The van der Waals surface area contributed by atoms with Crippen molar-refractivity contribution in [2.75, 3.05) is 0 Å². The molecule has 0 aliphatic rings. The second-order valence-electron chi connectivity index (χ2n) is 3.87. The summed E-state index contributed by atoms with van der Waals surface area (Å²) in [5, 5.41) is 19.8. The van der Waals surface area contributed by atoms with Crippen LogP contribution in [0.1, 0.15) is 16.1 Å². The number of nitro groups is 1. The van der Waals surface area contributed by atoms with Crippen molar-refractivity contribution in [3.63, 3.8) is 0 Å². The Morgan fingerprint density at radius 1 is 1.42 bits per heavy atom. The van der Waals surface area contributed by atoms with Gasteiger partial charge >= 0.3 is 5.97 Å². The van der Waals surface area contributed by atoms with Crippen LogP contribution in [0.3, 0.4) is 0 Å². The summed E-state index contributed by atoms with van der Waals surface area (Å²) in [6.45, 7) is 0.247. The molecule has 2 rings (SSSR count). The van der Waals surface area contributed by atoms with Crippen molar-refractivity contribution >= 4 is 27.6 Å². The van der Waals surface area contributed by atoms with Crippen LogP contribution in [-0.4, -0.2) is 20.6 Å². The quantitative estimate of drug-likeness (QED) is 0.692. The average Bonchev–Trinajstić information content (AvgIpc) is 2.76. The van der Waals surface area contributed by atoms with Gasteiger partial charge in [0.1, 0.15) is 5.69 Å². The predicted molar refractivity (Wildman–Crippen MR) is 71.3 cm³/mol. The molecule has 0 aliphatic carbocycles. The second-order valence-corrected chi connectivity index (χ2v) is 4.72. The predicted octanol–water partition coefficient (Wildman–Crippen LogP) is 2.91. The average molecular weight is 325 g/mol. The lowest BCUT2D eigenvalue weighted by atomic mass is 10.2. The Balaban J connectivity index is 2.42. The molecule has 0 spiro atoms. The molecule has 0 radical (unpaired) electrons. The van der Waals surface area contributed by atoms with E-state index in [1.54, 1.807) is 0 Å². The Morgan fingerprint density at radius 3 is 2.68 bits per heavy atom. The van der Waals surface area contributed by atoms with Crippen LogP contribution >= 0.6 is 15.9 Å². The summed E-state index contributed by atoms with van der Waals surface area (Å²) in [7, 11) is 0. The van der Waals surface area contributed by atoms with Gasteiger partial charge in [0.25, 0.3) is 5.69 Å². The maximum Gasteiger partial charge on any atom is 0.352 e. The van der Waals surface area contributed by atoms with E-state index in [4.69, 9.17) is 5.11 Å². The zero-order valence-electron chi connectivity index (χ0n) is 9.62. The first-order chi connectivity index (χ1) is 8.99. The fourth-order valence-electron chi connectivity index (χ4n) is 1.71. The van der Waals surface area contributed by atoms with E-state index in [-0.39, 0.29) is 17.9 Å². The Morgan fingerprint density at radius 2 is 2.11 bits per heavy atom. The number of carbonyl (C=O) groups is 1. The highest BCUT2D eigenvalue weighted by atomic mass is 79.9. The molecule has 2 aromatic rings. The molecule has 0 saturated carbocycles. The van der Waals surface area contributed by atoms with Crippen LogP contribution in [-0.2, 0) is 6.54 Å². The van der Waals surface area contributed by atoms with Gasteiger partial charge in [-0.2, -0.15) is 0 Å². The highest BCUT2D eigenvalue weighted by molar-refractivity contribution is 9.10. The Hall–Kier alpha value is -2.15. The van der Waals surface area contributed by atoms with Crippen LogP contribution in [0, 0.1) is 10.1 Å². The standard InChI is InChI=1S/C12H9BrN2O4/c13-10-4-2-1-3-8(10)6-14-7-9(15(18)19)5-11(14)12(16)17/h1-5,7H,6H2,(H,16,17). The summed E-state index contributed by atoms with van der Waals surface area (Å²) in [5.74, 6) is -1.19. The number of benzene rings is 1. The lowest BCUT2D eigenvalue weighted by Crippen LogP contribution is -2.08. The maximum absolute atomic E-state index is 11.1. The van der Waals surface area contributed by atoms with E-state index in [1.807, 2.05) is 24.3 Å². The lowest BCUT2D eigenvalue weighted by molar-refractivity contribution is -0.384. The molecule has 0 fully saturated rings. The molecule has 0 saturated heterocycles. The molecule has 0 amide bonds. The first kappa shape index (κ1) is 13.3. The number of nitrogens with zero attached hydrogens (tertiary/aromatic N) is 2. The number of rotatable bonds is 4. The molecule has 1 aromatic carbocycles. The van der Waals surface area contributed by atoms with Gasteiger partial charge in [-0.25, -0.2) is 4.79 Å². The van der Waals surface area contributed by atoms with Gasteiger partial charge in [-0.05, 0) is 11.6 Å². The van der Waals surface area contributed by atoms with Gasteiger partial charge in [-0.3, -0.25) is 10.1 Å². The molecule has 6 nitrogen and oxygen atoms in total. The summed E-state index contributed by atoms with van der Waals surface area (Å²) in [6, 6.07) is 8.36. The highest BCUT2D eigenvalue weighted by Gasteiger charge is 2.19. The van der Waals surface area contributed by atoms with Crippen molar-refractivity contribution < 1.29 is 14.8 Å². The number of hydrogen-bond acceptors (Lipinski definition) is 3. The number of carboxylic acids is 1. The van der Waals surface area contributed by atoms with Crippen LogP contribution in [0.15, 0.2) is 41.0 Å². The molecule has 0 aliphatic heterocycles. The Labute approximate surface area is 116 Å².